The van der Waals surface area contributed by atoms with E-state index >= 15 is 0 Å². The van der Waals surface area contributed by atoms with Crippen LogP contribution < -0.4 is 4.74 Å². The van der Waals surface area contributed by atoms with E-state index in [1.54, 1.807) is 19.1 Å². The SMILES string of the molecule is Cc1ccc(CCl)cc1Oc1cc(F)ccc1[N+](=O)[O-]. The molecule has 6 heteroatoms. The average Bonchev–Trinajstić information content (AvgIpc) is 2.41. The first-order chi connectivity index (χ1) is 9.51. The van der Waals surface area contributed by atoms with Crippen LogP contribution in [0.2, 0.25) is 0 Å². The molecule has 0 aliphatic carbocycles. The van der Waals surface area contributed by atoms with Crippen molar-refractivity contribution in [2.45, 2.75) is 12.8 Å². The number of nitrogens with zero attached hydrogens (tertiary/aromatic N) is 1. The molecule has 2 aromatic rings. The van der Waals surface area contributed by atoms with E-state index in [4.69, 9.17) is 16.3 Å². The molecule has 104 valence electrons. The van der Waals surface area contributed by atoms with Gasteiger partial charge in [0, 0.05) is 18.0 Å². The van der Waals surface area contributed by atoms with E-state index in [0.717, 1.165) is 29.3 Å². The topological polar surface area (TPSA) is 52.4 Å². The third-order valence-electron chi connectivity index (χ3n) is 2.75. The summed E-state index contributed by atoms with van der Waals surface area (Å²) >= 11 is 5.74. The molecule has 0 aromatic heterocycles. The first-order valence-corrected chi connectivity index (χ1v) is 6.32. The summed E-state index contributed by atoms with van der Waals surface area (Å²) in [6.07, 6.45) is 0. The fourth-order valence-corrected chi connectivity index (χ4v) is 1.84. The normalized spacial score (nSPS) is 10.3. The van der Waals surface area contributed by atoms with Crippen molar-refractivity contribution in [3.8, 4) is 11.5 Å². The van der Waals surface area contributed by atoms with Crippen LogP contribution in [0.15, 0.2) is 36.4 Å². The van der Waals surface area contributed by atoms with Gasteiger partial charge in [0.2, 0.25) is 5.75 Å². The van der Waals surface area contributed by atoms with E-state index in [-0.39, 0.29) is 11.4 Å². The van der Waals surface area contributed by atoms with Gasteiger partial charge in [-0.1, -0.05) is 12.1 Å². The molecule has 0 saturated carbocycles. The van der Waals surface area contributed by atoms with Crippen molar-refractivity contribution in [1.29, 1.82) is 0 Å². The fourth-order valence-electron chi connectivity index (χ4n) is 1.68. The van der Waals surface area contributed by atoms with Gasteiger partial charge in [-0.25, -0.2) is 4.39 Å². The standard InChI is InChI=1S/C14H11ClFNO3/c1-9-2-3-10(8-15)6-13(9)20-14-7-11(16)4-5-12(14)17(18)19/h2-7H,8H2,1H3. The summed E-state index contributed by atoms with van der Waals surface area (Å²) in [7, 11) is 0. The van der Waals surface area contributed by atoms with Gasteiger partial charge in [0.15, 0.2) is 0 Å². The van der Waals surface area contributed by atoms with Crippen molar-refractivity contribution >= 4 is 17.3 Å². The first-order valence-electron chi connectivity index (χ1n) is 5.78. The minimum Gasteiger partial charge on any atom is -0.450 e. The second kappa shape index (κ2) is 5.88. The molecule has 0 aliphatic heterocycles. The summed E-state index contributed by atoms with van der Waals surface area (Å²) in [5.74, 6) is -0.0274. The Kier molecular flexibility index (Phi) is 4.20. The van der Waals surface area contributed by atoms with Crippen molar-refractivity contribution in [1.82, 2.24) is 0 Å². The van der Waals surface area contributed by atoms with E-state index in [0.29, 0.717) is 11.6 Å². The molecular weight excluding hydrogens is 285 g/mol. The highest BCUT2D eigenvalue weighted by atomic mass is 35.5. The van der Waals surface area contributed by atoms with E-state index in [9.17, 15) is 14.5 Å². The predicted octanol–water partition coefficient (Wildman–Crippen LogP) is 4.57. The van der Waals surface area contributed by atoms with Crippen LogP contribution in [0.3, 0.4) is 0 Å². The predicted molar refractivity (Wildman–Crippen MR) is 73.9 cm³/mol. The molecule has 0 bridgehead atoms. The van der Waals surface area contributed by atoms with Gasteiger partial charge in [-0.2, -0.15) is 0 Å². The number of nitro groups is 1. The molecule has 0 heterocycles. The van der Waals surface area contributed by atoms with E-state index < -0.39 is 10.7 Å². The zero-order chi connectivity index (χ0) is 14.7. The van der Waals surface area contributed by atoms with E-state index in [1.165, 1.54) is 0 Å². The number of ether oxygens (including phenoxy) is 1. The van der Waals surface area contributed by atoms with Gasteiger partial charge in [0.25, 0.3) is 0 Å². The third-order valence-corrected chi connectivity index (χ3v) is 3.05. The highest BCUT2D eigenvalue weighted by Gasteiger charge is 2.17. The van der Waals surface area contributed by atoms with Crippen molar-refractivity contribution < 1.29 is 14.1 Å². The molecule has 20 heavy (non-hydrogen) atoms. The van der Waals surface area contributed by atoms with Crippen LogP contribution in [0, 0.1) is 22.9 Å². The number of rotatable bonds is 4. The number of hydrogen-bond acceptors (Lipinski definition) is 3. The van der Waals surface area contributed by atoms with Crippen molar-refractivity contribution in [3.05, 3.63) is 63.5 Å². The van der Waals surface area contributed by atoms with Crippen LogP contribution in [0.1, 0.15) is 11.1 Å². The van der Waals surface area contributed by atoms with Crippen LogP contribution in [0.25, 0.3) is 0 Å². The second-order valence-electron chi connectivity index (χ2n) is 4.20. The molecule has 2 aromatic carbocycles. The third kappa shape index (κ3) is 3.05. The monoisotopic (exact) mass is 295 g/mol. The van der Waals surface area contributed by atoms with Crippen LogP contribution in [-0.4, -0.2) is 4.92 Å². The fraction of sp³-hybridized carbons (Fsp3) is 0.143. The Balaban J connectivity index is 2.43. The maximum atomic E-state index is 13.2. The summed E-state index contributed by atoms with van der Waals surface area (Å²) < 4.78 is 18.7. The Hall–Kier alpha value is -2.14. The molecule has 0 N–H and O–H groups in total. The van der Waals surface area contributed by atoms with Gasteiger partial charge < -0.3 is 4.74 Å². The molecule has 0 amide bonds. The summed E-state index contributed by atoms with van der Waals surface area (Å²) in [4.78, 5) is 10.3. The number of nitro benzene ring substituents is 1. The summed E-state index contributed by atoms with van der Waals surface area (Å²) in [6, 6.07) is 8.38. The van der Waals surface area contributed by atoms with Crippen LogP contribution in [0.5, 0.6) is 11.5 Å². The highest BCUT2D eigenvalue weighted by Crippen LogP contribution is 2.33. The summed E-state index contributed by atoms with van der Waals surface area (Å²) in [6.45, 7) is 1.79. The smallest absolute Gasteiger partial charge is 0.311 e. The number of alkyl halides is 1. The number of hydrogen-bond donors (Lipinski definition) is 0. The Morgan fingerprint density at radius 2 is 2.00 bits per heavy atom. The second-order valence-corrected chi connectivity index (χ2v) is 4.47. The minimum atomic E-state index is -0.616. The minimum absolute atomic E-state index is 0.134. The zero-order valence-electron chi connectivity index (χ0n) is 10.6. The Labute approximate surface area is 119 Å². The van der Waals surface area contributed by atoms with Crippen LogP contribution >= 0.6 is 11.6 Å². The molecule has 2 rings (SSSR count). The van der Waals surface area contributed by atoms with Gasteiger partial charge in [-0.3, -0.25) is 10.1 Å². The first kappa shape index (κ1) is 14.3. The maximum absolute atomic E-state index is 13.2. The van der Waals surface area contributed by atoms with Crippen molar-refractivity contribution in [3.63, 3.8) is 0 Å². The number of aryl methyl sites for hydroxylation is 1. The Morgan fingerprint density at radius 3 is 2.65 bits per heavy atom. The molecular formula is C14H11ClFNO3. The summed E-state index contributed by atoms with van der Waals surface area (Å²) in [5.41, 5.74) is 1.30. The lowest BCUT2D eigenvalue weighted by molar-refractivity contribution is -0.385. The molecule has 0 aliphatic rings. The molecule has 4 nitrogen and oxygen atoms in total. The van der Waals surface area contributed by atoms with Gasteiger partial charge in [0.05, 0.1) is 4.92 Å². The average molecular weight is 296 g/mol. The lowest BCUT2D eigenvalue weighted by Gasteiger charge is -2.10. The van der Waals surface area contributed by atoms with Crippen LogP contribution in [-0.2, 0) is 5.88 Å². The molecule has 0 atom stereocenters. The van der Waals surface area contributed by atoms with Crippen LogP contribution in [0.4, 0.5) is 10.1 Å². The maximum Gasteiger partial charge on any atom is 0.311 e. The lowest BCUT2D eigenvalue weighted by atomic mass is 10.1. The van der Waals surface area contributed by atoms with E-state index in [2.05, 4.69) is 0 Å². The number of benzene rings is 2. The molecule has 0 radical (unpaired) electrons. The van der Waals surface area contributed by atoms with E-state index in [1.807, 2.05) is 6.07 Å². The van der Waals surface area contributed by atoms with Crippen molar-refractivity contribution in [2.24, 2.45) is 0 Å². The summed E-state index contributed by atoms with van der Waals surface area (Å²) in [5, 5.41) is 10.9. The molecule has 0 fully saturated rings. The highest BCUT2D eigenvalue weighted by molar-refractivity contribution is 6.17. The van der Waals surface area contributed by atoms with Crippen molar-refractivity contribution in [2.75, 3.05) is 0 Å². The number of halogens is 2. The van der Waals surface area contributed by atoms with Gasteiger partial charge >= 0.3 is 5.69 Å². The van der Waals surface area contributed by atoms with Gasteiger partial charge in [-0.05, 0) is 30.2 Å². The molecule has 0 spiro atoms. The van der Waals surface area contributed by atoms with Gasteiger partial charge in [-0.15, -0.1) is 11.6 Å². The Morgan fingerprint density at radius 1 is 1.25 bits per heavy atom. The Bertz CT molecular complexity index is 661. The molecule has 0 unspecified atom stereocenters. The molecule has 0 saturated heterocycles. The van der Waals surface area contributed by atoms with Gasteiger partial charge in [0.1, 0.15) is 11.6 Å². The zero-order valence-corrected chi connectivity index (χ0v) is 11.4. The largest absolute Gasteiger partial charge is 0.450 e. The lowest BCUT2D eigenvalue weighted by Crippen LogP contribution is -1.96. The quantitative estimate of drug-likeness (QED) is 0.471.